The van der Waals surface area contributed by atoms with E-state index < -0.39 is 0 Å². The molecule has 0 aliphatic heterocycles. The number of ether oxygens (including phenoxy) is 1. The molecule has 1 heterocycles. The number of hydrogen-bond donors (Lipinski definition) is 1. The first-order valence-corrected chi connectivity index (χ1v) is 6.68. The van der Waals surface area contributed by atoms with E-state index in [4.69, 9.17) is 10.00 Å². The van der Waals surface area contributed by atoms with Gasteiger partial charge >= 0.3 is 0 Å². The Morgan fingerprint density at radius 1 is 1.48 bits per heavy atom. The molecule has 21 heavy (non-hydrogen) atoms. The summed E-state index contributed by atoms with van der Waals surface area (Å²) >= 11 is 0. The molecule has 1 aromatic heterocycles. The maximum absolute atomic E-state index is 12.2. The van der Waals surface area contributed by atoms with Crippen LogP contribution in [0.2, 0.25) is 0 Å². The van der Waals surface area contributed by atoms with Crippen molar-refractivity contribution in [2.45, 2.75) is 13.8 Å². The van der Waals surface area contributed by atoms with Crippen LogP contribution in [0.15, 0.2) is 24.3 Å². The van der Waals surface area contributed by atoms with Gasteiger partial charge in [0, 0.05) is 18.0 Å². The zero-order valence-electron chi connectivity index (χ0n) is 12.3. The van der Waals surface area contributed by atoms with Crippen LogP contribution in [0.1, 0.15) is 23.0 Å². The lowest BCUT2D eigenvalue weighted by Crippen LogP contribution is -2.28. The molecule has 0 spiro atoms. The number of fused-ring (bicyclic) bond motifs is 1. The van der Waals surface area contributed by atoms with Crippen LogP contribution in [-0.2, 0) is 0 Å². The maximum atomic E-state index is 12.2. The number of aryl methyl sites for hydroxylation is 1. The van der Waals surface area contributed by atoms with Gasteiger partial charge in [-0.3, -0.25) is 9.78 Å². The number of benzene rings is 1. The summed E-state index contributed by atoms with van der Waals surface area (Å²) in [6.45, 7) is 3.88. The Labute approximate surface area is 123 Å². The van der Waals surface area contributed by atoms with Gasteiger partial charge in [-0.05, 0) is 32.0 Å². The highest BCUT2D eigenvalue weighted by molar-refractivity contribution is 5.98. The van der Waals surface area contributed by atoms with Gasteiger partial charge in [-0.2, -0.15) is 5.26 Å². The summed E-state index contributed by atoms with van der Waals surface area (Å²) in [6, 6.07) is 9.43. The third-order valence-electron chi connectivity index (χ3n) is 3.25. The van der Waals surface area contributed by atoms with Crippen molar-refractivity contribution in [1.29, 1.82) is 5.26 Å². The SMILES string of the molecule is COc1ccc2cc(C(=O)NCC(C)C#N)c(C)nc2c1. The number of nitrogens with one attached hydrogen (secondary N) is 1. The molecule has 1 atom stereocenters. The van der Waals surface area contributed by atoms with E-state index in [1.807, 2.05) is 24.3 Å². The highest BCUT2D eigenvalue weighted by Crippen LogP contribution is 2.21. The first kappa shape index (κ1) is 14.8. The van der Waals surface area contributed by atoms with Gasteiger partial charge in [-0.25, -0.2) is 0 Å². The fourth-order valence-corrected chi connectivity index (χ4v) is 1.99. The monoisotopic (exact) mass is 283 g/mol. The highest BCUT2D eigenvalue weighted by Gasteiger charge is 2.12. The number of hydrogen-bond acceptors (Lipinski definition) is 4. The van der Waals surface area contributed by atoms with Crippen molar-refractivity contribution in [2.75, 3.05) is 13.7 Å². The minimum absolute atomic E-state index is 0.209. The number of rotatable bonds is 4. The van der Waals surface area contributed by atoms with Crippen molar-refractivity contribution in [3.05, 3.63) is 35.5 Å². The van der Waals surface area contributed by atoms with Crippen molar-refractivity contribution in [1.82, 2.24) is 10.3 Å². The molecule has 1 unspecified atom stereocenters. The van der Waals surface area contributed by atoms with E-state index in [-0.39, 0.29) is 11.8 Å². The molecular formula is C16H17N3O2. The van der Waals surface area contributed by atoms with Gasteiger partial charge < -0.3 is 10.1 Å². The van der Waals surface area contributed by atoms with Crippen LogP contribution in [0.4, 0.5) is 0 Å². The molecular weight excluding hydrogens is 266 g/mol. The lowest BCUT2D eigenvalue weighted by atomic mass is 10.1. The van der Waals surface area contributed by atoms with Crippen LogP contribution in [-0.4, -0.2) is 24.5 Å². The Balaban J connectivity index is 2.30. The summed E-state index contributed by atoms with van der Waals surface area (Å²) in [5, 5.41) is 12.4. The minimum atomic E-state index is -0.216. The van der Waals surface area contributed by atoms with Gasteiger partial charge in [0.15, 0.2) is 0 Å². The Morgan fingerprint density at radius 2 is 2.24 bits per heavy atom. The molecule has 0 saturated heterocycles. The zero-order valence-corrected chi connectivity index (χ0v) is 12.3. The van der Waals surface area contributed by atoms with Gasteiger partial charge in [0.2, 0.25) is 0 Å². The van der Waals surface area contributed by atoms with E-state index in [2.05, 4.69) is 16.4 Å². The topological polar surface area (TPSA) is 75.0 Å². The third-order valence-corrected chi connectivity index (χ3v) is 3.25. The molecule has 0 bridgehead atoms. The number of methoxy groups -OCH3 is 1. The van der Waals surface area contributed by atoms with Gasteiger partial charge in [-0.15, -0.1) is 0 Å². The number of carbonyl (C=O) groups excluding carboxylic acids is 1. The molecule has 0 aliphatic rings. The summed E-state index contributed by atoms with van der Waals surface area (Å²) in [7, 11) is 1.60. The number of pyridine rings is 1. The Hall–Kier alpha value is -2.61. The van der Waals surface area contributed by atoms with Crippen molar-refractivity contribution < 1.29 is 9.53 Å². The molecule has 1 aromatic carbocycles. The molecule has 0 radical (unpaired) electrons. The maximum Gasteiger partial charge on any atom is 0.253 e. The van der Waals surface area contributed by atoms with Crippen LogP contribution in [0, 0.1) is 24.2 Å². The summed E-state index contributed by atoms with van der Waals surface area (Å²) in [5.74, 6) is 0.307. The molecule has 1 amide bonds. The smallest absolute Gasteiger partial charge is 0.253 e. The van der Waals surface area contributed by atoms with Crippen LogP contribution in [0.3, 0.4) is 0 Å². The van der Waals surface area contributed by atoms with Gasteiger partial charge in [0.05, 0.1) is 35.9 Å². The molecule has 2 rings (SSSR count). The van der Waals surface area contributed by atoms with Gasteiger partial charge in [0.1, 0.15) is 5.75 Å². The second kappa shape index (κ2) is 6.23. The molecule has 108 valence electrons. The standard InChI is InChI=1S/C16H17N3O2/c1-10(8-17)9-18-16(20)14-6-12-4-5-13(21-3)7-15(12)19-11(14)2/h4-7,10H,9H2,1-3H3,(H,18,20). The zero-order chi connectivity index (χ0) is 15.4. The second-order valence-corrected chi connectivity index (χ2v) is 4.92. The molecule has 5 nitrogen and oxygen atoms in total. The molecule has 0 fully saturated rings. The number of amides is 1. The Morgan fingerprint density at radius 3 is 2.90 bits per heavy atom. The molecule has 5 heteroatoms. The number of aromatic nitrogens is 1. The first-order valence-electron chi connectivity index (χ1n) is 6.68. The largest absolute Gasteiger partial charge is 0.497 e. The quantitative estimate of drug-likeness (QED) is 0.935. The number of nitriles is 1. The first-order chi connectivity index (χ1) is 10.0. The number of carbonyl (C=O) groups is 1. The minimum Gasteiger partial charge on any atom is -0.497 e. The van der Waals surface area contributed by atoms with Crippen molar-refractivity contribution in [3.63, 3.8) is 0 Å². The molecule has 0 saturated carbocycles. The lowest BCUT2D eigenvalue weighted by Gasteiger charge is -2.10. The fraction of sp³-hybridized carbons (Fsp3) is 0.312. The predicted octanol–water partition coefficient (Wildman–Crippen LogP) is 2.44. The summed E-state index contributed by atoms with van der Waals surface area (Å²) in [4.78, 5) is 16.6. The lowest BCUT2D eigenvalue weighted by molar-refractivity contribution is 0.0950. The van der Waals surface area contributed by atoms with Crippen LogP contribution >= 0.6 is 0 Å². The molecule has 2 aromatic rings. The van der Waals surface area contributed by atoms with Crippen LogP contribution < -0.4 is 10.1 Å². The van der Waals surface area contributed by atoms with Crippen LogP contribution in [0.25, 0.3) is 10.9 Å². The summed E-state index contributed by atoms with van der Waals surface area (Å²) in [5.41, 5.74) is 1.96. The predicted molar refractivity (Wildman–Crippen MR) is 80.1 cm³/mol. The van der Waals surface area contributed by atoms with Gasteiger partial charge in [-0.1, -0.05) is 0 Å². The van der Waals surface area contributed by atoms with E-state index in [1.165, 1.54) is 0 Å². The van der Waals surface area contributed by atoms with Crippen molar-refractivity contribution >= 4 is 16.8 Å². The number of nitrogens with zero attached hydrogens (tertiary/aromatic N) is 2. The van der Waals surface area contributed by atoms with Gasteiger partial charge in [0.25, 0.3) is 5.91 Å². The second-order valence-electron chi connectivity index (χ2n) is 4.92. The van der Waals surface area contributed by atoms with Crippen LogP contribution in [0.5, 0.6) is 5.75 Å². The average molecular weight is 283 g/mol. The Kier molecular flexibility index (Phi) is 4.39. The van der Waals surface area contributed by atoms with Crippen molar-refractivity contribution in [2.24, 2.45) is 5.92 Å². The normalized spacial score (nSPS) is 11.7. The third kappa shape index (κ3) is 3.29. The van der Waals surface area contributed by atoms with E-state index in [1.54, 1.807) is 21.0 Å². The summed E-state index contributed by atoms with van der Waals surface area (Å²) < 4.78 is 5.17. The molecule has 0 aliphatic carbocycles. The van der Waals surface area contributed by atoms with E-state index in [0.29, 0.717) is 17.8 Å². The van der Waals surface area contributed by atoms with Crippen molar-refractivity contribution in [3.8, 4) is 11.8 Å². The fourth-order valence-electron chi connectivity index (χ4n) is 1.99. The molecule has 1 N–H and O–H groups in total. The average Bonchev–Trinajstić information content (AvgIpc) is 2.50. The van der Waals surface area contributed by atoms with E-state index in [9.17, 15) is 4.79 Å². The Bertz CT molecular complexity index is 719. The highest BCUT2D eigenvalue weighted by atomic mass is 16.5. The van der Waals surface area contributed by atoms with E-state index in [0.717, 1.165) is 16.7 Å². The van der Waals surface area contributed by atoms with E-state index >= 15 is 0 Å². The summed E-state index contributed by atoms with van der Waals surface area (Å²) in [6.07, 6.45) is 0.